The summed E-state index contributed by atoms with van der Waals surface area (Å²) in [6.45, 7) is 1.51. The molecule has 4 N–H and O–H groups in total. The Kier molecular flexibility index (Phi) is 7.40. The third-order valence-electron chi connectivity index (χ3n) is 7.04. The summed E-state index contributed by atoms with van der Waals surface area (Å²) >= 11 is 0. The summed E-state index contributed by atoms with van der Waals surface area (Å²) in [5, 5.41) is 24.5. The monoisotopic (exact) mass is 480 g/mol. The van der Waals surface area contributed by atoms with Gasteiger partial charge in [0.15, 0.2) is 0 Å². The molecule has 4 rings (SSSR count). The zero-order valence-corrected chi connectivity index (χ0v) is 19.8. The largest absolute Gasteiger partial charge is 0.481 e. The molecule has 35 heavy (non-hydrogen) atoms. The lowest BCUT2D eigenvalue weighted by Crippen LogP contribution is -2.48. The van der Waals surface area contributed by atoms with Gasteiger partial charge in [0.1, 0.15) is 6.61 Å². The number of carboxylic acids is 1. The minimum atomic E-state index is -1.55. The van der Waals surface area contributed by atoms with E-state index in [1.807, 2.05) is 24.3 Å². The van der Waals surface area contributed by atoms with Gasteiger partial charge in [-0.3, -0.25) is 9.59 Å². The molecular formula is C27H32N2O6. The number of ether oxygens (including phenoxy) is 1. The number of nitrogens with one attached hydrogen (secondary N) is 2. The lowest BCUT2D eigenvalue weighted by atomic mass is 9.75. The van der Waals surface area contributed by atoms with Crippen LogP contribution in [0.2, 0.25) is 0 Å². The third-order valence-corrected chi connectivity index (χ3v) is 7.04. The number of fused-ring (bicyclic) bond motifs is 3. The van der Waals surface area contributed by atoms with E-state index in [4.69, 9.17) is 9.84 Å². The van der Waals surface area contributed by atoms with Crippen LogP contribution in [-0.4, -0.2) is 53.5 Å². The van der Waals surface area contributed by atoms with Crippen molar-refractivity contribution in [2.45, 2.75) is 44.1 Å². The van der Waals surface area contributed by atoms with Crippen molar-refractivity contribution >= 4 is 18.0 Å². The Morgan fingerprint density at radius 3 is 2.17 bits per heavy atom. The van der Waals surface area contributed by atoms with Gasteiger partial charge >= 0.3 is 12.1 Å². The van der Waals surface area contributed by atoms with E-state index < -0.39 is 30.0 Å². The van der Waals surface area contributed by atoms with Crippen molar-refractivity contribution in [1.29, 1.82) is 0 Å². The second kappa shape index (κ2) is 10.5. The SMILES string of the molecule is CC(O)(CNC(=O)C(CNC(=O)OCC1c2ccccc2-c2ccccc21)C1CCC1)CC(=O)O. The first kappa shape index (κ1) is 24.7. The van der Waals surface area contributed by atoms with Gasteiger partial charge in [-0.05, 0) is 47.9 Å². The molecule has 0 aromatic heterocycles. The molecule has 2 unspecified atom stereocenters. The van der Waals surface area contributed by atoms with Crippen LogP contribution >= 0.6 is 0 Å². The fraction of sp³-hybridized carbons (Fsp3) is 0.444. The molecule has 0 aliphatic heterocycles. The van der Waals surface area contributed by atoms with E-state index in [9.17, 15) is 19.5 Å². The summed E-state index contributed by atoms with van der Waals surface area (Å²) in [7, 11) is 0. The molecule has 186 valence electrons. The molecule has 2 aromatic carbocycles. The molecule has 1 fully saturated rings. The maximum Gasteiger partial charge on any atom is 0.407 e. The zero-order chi connectivity index (χ0) is 25.0. The Bertz CT molecular complexity index is 1050. The second-order valence-corrected chi connectivity index (χ2v) is 9.79. The number of rotatable bonds is 10. The molecule has 2 aliphatic carbocycles. The summed E-state index contributed by atoms with van der Waals surface area (Å²) in [6, 6.07) is 16.2. The standard InChI is InChI=1S/C27H32N2O6/c1-27(34,13-24(30)31)16-29-25(32)22(17-7-6-8-17)14-28-26(33)35-15-23-20-11-4-2-9-18(20)19-10-3-5-12-21(19)23/h2-5,9-12,17,22-23,34H,6-8,13-16H2,1H3,(H,28,33)(H,29,32)(H,30,31). The van der Waals surface area contributed by atoms with Crippen molar-refractivity contribution in [1.82, 2.24) is 10.6 Å². The van der Waals surface area contributed by atoms with Gasteiger partial charge in [0.25, 0.3) is 0 Å². The summed E-state index contributed by atoms with van der Waals surface area (Å²) in [4.78, 5) is 36.2. The fourth-order valence-corrected chi connectivity index (χ4v) is 4.96. The minimum Gasteiger partial charge on any atom is -0.481 e. The minimum absolute atomic E-state index is 0.0460. The lowest BCUT2D eigenvalue weighted by Gasteiger charge is -2.33. The quantitative estimate of drug-likeness (QED) is 0.414. The fourth-order valence-electron chi connectivity index (χ4n) is 4.96. The molecule has 8 nitrogen and oxygen atoms in total. The zero-order valence-electron chi connectivity index (χ0n) is 19.8. The van der Waals surface area contributed by atoms with Crippen LogP contribution in [0, 0.1) is 11.8 Å². The number of hydrogen-bond acceptors (Lipinski definition) is 5. The highest BCUT2D eigenvalue weighted by atomic mass is 16.5. The Hall–Kier alpha value is -3.39. The highest BCUT2D eigenvalue weighted by molar-refractivity contribution is 5.81. The van der Waals surface area contributed by atoms with Gasteiger partial charge in [0.2, 0.25) is 5.91 Å². The average molecular weight is 481 g/mol. The molecule has 0 saturated heterocycles. The maximum absolute atomic E-state index is 12.8. The van der Waals surface area contributed by atoms with Crippen LogP contribution in [0.15, 0.2) is 48.5 Å². The van der Waals surface area contributed by atoms with Crippen LogP contribution in [0.3, 0.4) is 0 Å². The molecule has 0 radical (unpaired) electrons. The van der Waals surface area contributed by atoms with Crippen molar-refractivity contribution < 1.29 is 29.3 Å². The van der Waals surface area contributed by atoms with Crippen LogP contribution in [0.4, 0.5) is 4.79 Å². The topological polar surface area (TPSA) is 125 Å². The molecular weight excluding hydrogens is 448 g/mol. The highest BCUT2D eigenvalue weighted by Gasteiger charge is 2.35. The van der Waals surface area contributed by atoms with Crippen LogP contribution in [-0.2, 0) is 14.3 Å². The molecule has 0 heterocycles. The number of carbonyl (C=O) groups is 3. The molecule has 8 heteroatoms. The number of benzene rings is 2. The molecule has 0 bridgehead atoms. The number of carboxylic acid groups (broad SMARTS) is 1. The van der Waals surface area contributed by atoms with E-state index in [0.29, 0.717) is 0 Å². The first-order chi connectivity index (χ1) is 16.7. The van der Waals surface area contributed by atoms with Gasteiger partial charge < -0.3 is 25.6 Å². The van der Waals surface area contributed by atoms with E-state index in [-0.39, 0.29) is 37.4 Å². The molecule has 0 spiro atoms. The maximum atomic E-state index is 12.8. The van der Waals surface area contributed by atoms with Crippen LogP contribution < -0.4 is 10.6 Å². The number of amides is 2. The van der Waals surface area contributed by atoms with Gasteiger partial charge in [-0.1, -0.05) is 55.0 Å². The van der Waals surface area contributed by atoms with E-state index in [1.165, 1.54) is 6.92 Å². The van der Waals surface area contributed by atoms with Gasteiger partial charge in [-0.25, -0.2) is 4.79 Å². The van der Waals surface area contributed by atoms with E-state index in [2.05, 4.69) is 34.9 Å². The number of carbonyl (C=O) groups excluding carboxylic acids is 2. The molecule has 2 atom stereocenters. The lowest BCUT2D eigenvalue weighted by molar-refractivity contribution is -0.142. The molecule has 2 aliphatic rings. The first-order valence-electron chi connectivity index (χ1n) is 12.1. The summed E-state index contributed by atoms with van der Waals surface area (Å²) in [5.74, 6) is -1.83. The van der Waals surface area contributed by atoms with Gasteiger partial charge in [-0.2, -0.15) is 0 Å². The van der Waals surface area contributed by atoms with Crippen molar-refractivity contribution in [3.63, 3.8) is 0 Å². The van der Waals surface area contributed by atoms with E-state index in [0.717, 1.165) is 41.5 Å². The summed E-state index contributed by atoms with van der Waals surface area (Å²) in [6.07, 6.45) is 1.74. The van der Waals surface area contributed by atoms with Gasteiger partial charge in [0.05, 0.1) is 17.9 Å². The third kappa shape index (κ3) is 5.82. The van der Waals surface area contributed by atoms with Crippen molar-refractivity contribution in [2.75, 3.05) is 19.7 Å². The molecule has 2 aromatic rings. The van der Waals surface area contributed by atoms with Crippen molar-refractivity contribution in [3.8, 4) is 11.1 Å². The van der Waals surface area contributed by atoms with Crippen LogP contribution in [0.25, 0.3) is 11.1 Å². The number of aliphatic carboxylic acids is 1. The summed E-state index contributed by atoms with van der Waals surface area (Å²) in [5.41, 5.74) is 3.00. The Morgan fingerprint density at radius 1 is 1.03 bits per heavy atom. The van der Waals surface area contributed by atoms with Crippen LogP contribution in [0.5, 0.6) is 0 Å². The van der Waals surface area contributed by atoms with Crippen LogP contribution in [0.1, 0.15) is 49.7 Å². The average Bonchev–Trinajstić information content (AvgIpc) is 3.10. The van der Waals surface area contributed by atoms with E-state index in [1.54, 1.807) is 0 Å². The number of aliphatic hydroxyl groups is 1. The van der Waals surface area contributed by atoms with Crippen molar-refractivity contribution in [3.05, 3.63) is 59.7 Å². The number of alkyl carbamates (subject to hydrolysis) is 1. The Balaban J connectivity index is 1.32. The normalized spacial score (nSPS) is 17.3. The van der Waals surface area contributed by atoms with Gasteiger partial charge in [-0.15, -0.1) is 0 Å². The smallest absolute Gasteiger partial charge is 0.407 e. The summed E-state index contributed by atoms with van der Waals surface area (Å²) < 4.78 is 5.57. The Labute approximate surface area is 204 Å². The predicted octanol–water partition coefficient (Wildman–Crippen LogP) is 3.28. The Morgan fingerprint density at radius 2 is 1.63 bits per heavy atom. The van der Waals surface area contributed by atoms with E-state index >= 15 is 0 Å². The van der Waals surface area contributed by atoms with Gasteiger partial charge in [0, 0.05) is 19.0 Å². The highest BCUT2D eigenvalue weighted by Crippen LogP contribution is 2.44. The van der Waals surface area contributed by atoms with Crippen molar-refractivity contribution in [2.24, 2.45) is 11.8 Å². The molecule has 1 saturated carbocycles. The second-order valence-electron chi connectivity index (χ2n) is 9.79. The predicted molar refractivity (Wildman–Crippen MR) is 130 cm³/mol. The molecule has 2 amide bonds. The first-order valence-corrected chi connectivity index (χ1v) is 12.1. The number of hydrogen-bond donors (Lipinski definition) is 4.